The first-order valence-electron chi connectivity index (χ1n) is 5.15. The second kappa shape index (κ2) is 5.51. The van der Waals surface area contributed by atoms with Gasteiger partial charge in [-0.15, -0.1) is 0 Å². The Balaban J connectivity index is 2.18. The first kappa shape index (κ1) is 11.7. The summed E-state index contributed by atoms with van der Waals surface area (Å²) in [5, 5.41) is 6.08. The molecule has 1 heterocycles. The summed E-state index contributed by atoms with van der Waals surface area (Å²) in [5.41, 5.74) is 2.25. The maximum Gasteiger partial charge on any atom is 0.0660 e. The molecule has 84 valence electrons. The number of aryl methyl sites for hydroxylation is 1. The van der Waals surface area contributed by atoms with E-state index in [1.165, 1.54) is 5.56 Å². The lowest BCUT2D eigenvalue weighted by atomic mass is 10.2. The number of alkyl halides is 1. The van der Waals surface area contributed by atoms with Crippen LogP contribution in [0.5, 0.6) is 0 Å². The fraction of sp³-hybridized carbons (Fsp3) is 0.250. The van der Waals surface area contributed by atoms with Gasteiger partial charge < -0.3 is 0 Å². The van der Waals surface area contributed by atoms with Gasteiger partial charge in [-0.1, -0.05) is 33.6 Å². The predicted octanol–water partition coefficient (Wildman–Crippen LogP) is 3.85. The summed E-state index contributed by atoms with van der Waals surface area (Å²) < 4.78 is 1.86. The van der Waals surface area contributed by atoms with Gasteiger partial charge in [-0.2, -0.15) is 5.10 Å². The molecule has 0 N–H and O–H groups in total. The molecular formula is C12H12BrClN2. The number of benzene rings is 1. The number of halogens is 2. The first-order chi connectivity index (χ1) is 7.79. The van der Waals surface area contributed by atoms with Crippen LogP contribution in [0.4, 0.5) is 0 Å². The van der Waals surface area contributed by atoms with E-state index in [4.69, 9.17) is 11.6 Å². The van der Waals surface area contributed by atoms with Crippen LogP contribution in [0.1, 0.15) is 12.0 Å². The average molecular weight is 300 g/mol. The summed E-state index contributed by atoms with van der Waals surface area (Å²) in [6.45, 7) is 0. The molecule has 0 aliphatic heterocycles. The molecule has 0 aliphatic carbocycles. The lowest BCUT2D eigenvalue weighted by Crippen LogP contribution is -1.93. The van der Waals surface area contributed by atoms with Gasteiger partial charge in [0.15, 0.2) is 0 Å². The van der Waals surface area contributed by atoms with Gasteiger partial charge in [0.25, 0.3) is 0 Å². The molecule has 2 nitrogen and oxygen atoms in total. The van der Waals surface area contributed by atoms with Crippen LogP contribution in [0.3, 0.4) is 0 Å². The van der Waals surface area contributed by atoms with Crippen molar-refractivity contribution < 1.29 is 0 Å². The van der Waals surface area contributed by atoms with Crippen molar-refractivity contribution in [1.82, 2.24) is 9.78 Å². The van der Waals surface area contributed by atoms with Crippen molar-refractivity contribution in [2.24, 2.45) is 0 Å². The van der Waals surface area contributed by atoms with Crippen molar-refractivity contribution in [2.45, 2.75) is 12.8 Å². The van der Waals surface area contributed by atoms with E-state index in [1.807, 2.05) is 41.3 Å². The van der Waals surface area contributed by atoms with Crippen LogP contribution in [-0.2, 0) is 6.42 Å². The molecule has 0 saturated heterocycles. The van der Waals surface area contributed by atoms with Gasteiger partial charge in [0.1, 0.15) is 0 Å². The fourth-order valence-corrected chi connectivity index (χ4v) is 1.98. The minimum Gasteiger partial charge on any atom is -0.241 e. The molecule has 0 spiro atoms. The Labute approximate surface area is 108 Å². The highest BCUT2D eigenvalue weighted by molar-refractivity contribution is 9.09. The second-order valence-corrected chi connectivity index (χ2v) is 4.79. The molecule has 0 radical (unpaired) electrons. The van der Waals surface area contributed by atoms with Crippen LogP contribution >= 0.6 is 27.5 Å². The quantitative estimate of drug-likeness (QED) is 0.784. The Morgan fingerprint density at radius 1 is 1.38 bits per heavy atom. The molecule has 0 saturated carbocycles. The van der Waals surface area contributed by atoms with Crippen LogP contribution in [-0.4, -0.2) is 15.1 Å². The molecule has 0 bridgehead atoms. The highest BCUT2D eigenvalue weighted by Crippen LogP contribution is 2.15. The van der Waals surface area contributed by atoms with Crippen molar-refractivity contribution in [2.75, 3.05) is 5.33 Å². The summed E-state index contributed by atoms with van der Waals surface area (Å²) in [4.78, 5) is 0. The number of aromatic nitrogens is 2. The minimum absolute atomic E-state index is 0.731. The van der Waals surface area contributed by atoms with Crippen molar-refractivity contribution in [3.8, 4) is 5.69 Å². The molecule has 4 heteroatoms. The number of rotatable bonds is 4. The molecule has 2 aromatic rings. The zero-order valence-corrected chi connectivity index (χ0v) is 11.1. The molecule has 16 heavy (non-hydrogen) atoms. The monoisotopic (exact) mass is 298 g/mol. The lowest BCUT2D eigenvalue weighted by molar-refractivity contribution is 0.878. The Hall–Kier alpha value is -0.800. The largest absolute Gasteiger partial charge is 0.241 e. The Morgan fingerprint density at radius 2 is 2.25 bits per heavy atom. The fourth-order valence-electron chi connectivity index (χ4n) is 1.52. The minimum atomic E-state index is 0.731. The highest BCUT2D eigenvalue weighted by Gasteiger charge is 2.01. The van der Waals surface area contributed by atoms with Crippen LogP contribution in [0.25, 0.3) is 5.69 Å². The number of nitrogens with zero attached hydrogens (tertiary/aromatic N) is 2. The van der Waals surface area contributed by atoms with Gasteiger partial charge in [-0.3, -0.25) is 0 Å². The molecule has 1 aromatic heterocycles. The summed E-state index contributed by atoms with van der Waals surface area (Å²) in [6, 6.07) is 7.69. The van der Waals surface area contributed by atoms with Gasteiger partial charge in [-0.05, 0) is 36.6 Å². The van der Waals surface area contributed by atoms with Gasteiger partial charge in [-0.25, -0.2) is 4.68 Å². The third-order valence-corrected chi connectivity index (χ3v) is 3.10. The van der Waals surface area contributed by atoms with Crippen LogP contribution in [0.15, 0.2) is 36.7 Å². The third kappa shape index (κ3) is 2.86. The summed E-state index contributed by atoms with van der Waals surface area (Å²) in [6.07, 6.45) is 6.13. The Bertz CT molecular complexity index is 468. The average Bonchev–Trinajstić information content (AvgIpc) is 2.75. The molecule has 0 unspecified atom stereocenters. The molecule has 1 aromatic carbocycles. The standard InChI is InChI=1S/C12H12BrClN2/c13-6-2-3-10-8-15-16(9-10)12-5-1-4-11(14)7-12/h1,4-5,7-9H,2-3,6H2. The summed E-state index contributed by atoms with van der Waals surface area (Å²) >= 11 is 9.36. The topological polar surface area (TPSA) is 17.8 Å². The van der Waals surface area contributed by atoms with Crippen molar-refractivity contribution in [3.05, 3.63) is 47.2 Å². The smallest absolute Gasteiger partial charge is 0.0660 e. The van der Waals surface area contributed by atoms with E-state index in [-0.39, 0.29) is 0 Å². The van der Waals surface area contributed by atoms with E-state index in [2.05, 4.69) is 21.0 Å². The second-order valence-electron chi connectivity index (χ2n) is 3.57. The Morgan fingerprint density at radius 3 is 3.00 bits per heavy atom. The van der Waals surface area contributed by atoms with Crippen LogP contribution in [0, 0.1) is 0 Å². The van der Waals surface area contributed by atoms with Crippen LogP contribution < -0.4 is 0 Å². The van der Waals surface area contributed by atoms with Crippen molar-refractivity contribution >= 4 is 27.5 Å². The maximum atomic E-state index is 5.94. The van der Waals surface area contributed by atoms with Gasteiger partial charge in [0.05, 0.1) is 11.9 Å². The molecule has 0 fully saturated rings. The SMILES string of the molecule is Clc1cccc(-n2cc(CCCBr)cn2)c1. The Kier molecular flexibility index (Phi) is 4.02. The van der Waals surface area contributed by atoms with Crippen molar-refractivity contribution in [1.29, 1.82) is 0 Å². The van der Waals surface area contributed by atoms with Gasteiger partial charge in [0.2, 0.25) is 0 Å². The maximum absolute atomic E-state index is 5.94. The molecular weight excluding hydrogens is 288 g/mol. The van der Waals surface area contributed by atoms with Gasteiger partial charge >= 0.3 is 0 Å². The zero-order valence-electron chi connectivity index (χ0n) is 8.74. The first-order valence-corrected chi connectivity index (χ1v) is 6.65. The number of hydrogen-bond donors (Lipinski definition) is 0. The van der Waals surface area contributed by atoms with E-state index >= 15 is 0 Å². The van der Waals surface area contributed by atoms with E-state index < -0.39 is 0 Å². The van der Waals surface area contributed by atoms with E-state index in [0.29, 0.717) is 0 Å². The predicted molar refractivity (Wildman–Crippen MR) is 70.7 cm³/mol. The van der Waals surface area contributed by atoms with Crippen LogP contribution in [0.2, 0.25) is 5.02 Å². The molecule has 2 rings (SSSR count). The van der Waals surface area contributed by atoms with Crippen molar-refractivity contribution in [3.63, 3.8) is 0 Å². The molecule has 0 aliphatic rings. The summed E-state index contributed by atoms with van der Waals surface area (Å²) in [7, 11) is 0. The highest BCUT2D eigenvalue weighted by atomic mass is 79.9. The summed E-state index contributed by atoms with van der Waals surface area (Å²) in [5.74, 6) is 0. The lowest BCUT2D eigenvalue weighted by Gasteiger charge is -2.00. The molecule has 0 amide bonds. The number of hydrogen-bond acceptors (Lipinski definition) is 1. The molecule has 0 atom stereocenters. The van der Waals surface area contributed by atoms with E-state index in [0.717, 1.165) is 28.9 Å². The van der Waals surface area contributed by atoms with E-state index in [9.17, 15) is 0 Å². The normalized spacial score (nSPS) is 10.6. The van der Waals surface area contributed by atoms with E-state index in [1.54, 1.807) is 0 Å². The zero-order chi connectivity index (χ0) is 11.4. The van der Waals surface area contributed by atoms with Gasteiger partial charge in [0, 0.05) is 16.5 Å². The third-order valence-electron chi connectivity index (χ3n) is 2.31.